The molecule has 14 heavy (non-hydrogen) atoms. The zero-order chi connectivity index (χ0) is 10.4. The second-order valence-corrected chi connectivity index (χ2v) is 2.97. The Balaban J connectivity index is 2.84. The Morgan fingerprint density at radius 3 is 2.57 bits per heavy atom. The minimum Gasteiger partial charge on any atom is -0.665 e. The zero-order valence-corrected chi connectivity index (χ0v) is 8.91. The quantitative estimate of drug-likeness (QED) is 0.720. The van der Waals surface area contributed by atoms with Crippen molar-refractivity contribution in [2.75, 3.05) is 27.8 Å². The summed E-state index contributed by atoms with van der Waals surface area (Å²) in [6.45, 7) is 0.809. The molecular formula is C11H16NO2-. The molecule has 1 rings (SSSR count). The highest BCUT2D eigenvalue weighted by molar-refractivity contribution is 5.40. The lowest BCUT2D eigenvalue weighted by Gasteiger charge is -2.14. The molecule has 0 bridgehead atoms. The number of nitrogens with zero attached hydrogens (tertiary/aromatic N) is 1. The average Bonchev–Trinajstić information content (AvgIpc) is 2.25. The van der Waals surface area contributed by atoms with Gasteiger partial charge >= 0.3 is 0 Å². The van der Waals surface area contributed by atoms with Crippen molar-refractivity contribution in [2.45, 2.75) is 6.42 Å². The van der Waals surface area contributed by atoms with Crippen molar-refractivity contribution in [3.63, 3.8) is 0 Å². The molecule has 3 nitrogen and oxygen atoms in total. The fourth-order valence-electron chi connectivity index (χ4n) is 1.31. The first-order chi connectivity index (χ1) is 6.81. The van der Waals surface area contributed by atoms with E-state index < -0.39 is 0 Å². The predicted octanol–water partition coefficient (Wildman–Crippen LogP) is 2.25. The van der Waals surface area contributed by atoms with Crippen LogP contribution in [0.25, 0.3) is 5.32 Å². The van der Waals surface area contributed by atoms with E-state index in [0.29, 0.717) is 0 Å². The molecule has 1 aromatic carbocycles. The maximum absolute atomic E-state index is 5.24. The number of ether oxygens (including phenoxy) is 2. The summed E-state index contributed by atoms with van der Waals surface area (Å²) in [5, 5.41) is 4.07. The number of hydrogen-bond donors (Lipinski definition) is 0. The number of hydrogen-bond acceptors (Lipinski definition) is 2. The van der Waals surface area contributed by atoms with E-state index in [1.165, 1.54) is 0 Å². The van der Waals surface area contributed by atoms with Crippen LogP contribution >= 0.6 is 0 Å². The van der Waals surface area contributed by atoms with Gasteiger partial charge in [0.25, 0.3) is 0 Å². The third-order valence-corrected chi connectivity index (χ3v) is 2.09. The van der Waals surface area contributed by atoms with Crippen molar-refractivity contribution in [1.82, 2.24) is 0 Å². The van der Waals surface area contributed by atoms with Gasteiger partial charge in [0.2, 0.25) is 0 Å². The van der Waals surface area contributed by atoms with E-state index in [0.717, 1.165) is 30.0 Å². The topological polar surface area (TPSA) is 32.6 Å². The van der Waals surface area contributed by atoms with E-state index in [4.69, 9.17) is 9.47 Å². The Bertz CT molecular complexity index is 287. The van der Waals surface area contributed by atoms with Crippen molar-refractivity contribution < 1.29 is 9.47 Å². The molecule has 3 heteroatoms. The second kappa shape index (κ2) is 5.50. The Labute approximate surface area is 85.0 Å². The first kappa shape index (κ1) is 10.9. The normalized spacial score (nSPS) is 9.93. The molecule has 0 N–H and O–H groups in total. The molecule has 0 heterocycles. The van der Waals surface area contributed by atoms with Gasteiger partial charge in [0.1, 0.15) is 11.5 Å². The Kier molecular flexibility index (Phi) is 4.26. The van der Waals surface area contributed by atoms with Gasteiger partial charge < -0.3 is 14.8 Å². The smallest absolute Gasteiger partial charge is 0.122 e. The Morgan fingerprint density at radius 1 is 1.21 bits per heavy atom. The molecule has 0 spiro atoms. The van der Waals surface area contributed by atoms with Crippen LogP contribution in [-0.2, 0) is 6.42 Å². The van der Waals surface area contributed by atoms with Crippen LogP contribution in [0.2, 0.25) is 0 Å². The SMILES string of the molecule is C[N-]CCc1cc(OC)ccc1OC. The molecule has 1 aromatic rings. The molecule has 0 aliphatic heterocycles. The van der Waals surface area contributed by atoms with E-state index in [1.807, 2.05) is 25.2 Å². The standard InChI is InChI=1S/C11H16NO2/c1-12-7-6-9-8-10(13-2)4-5-11(9)14-3/h4-5,8H,6-7H2,1-3H3/q-1. The van der Waals surface area contributed by atoms with E-state index >= 15 is 0 Å². The van der Waals surface area contributed by atoms with Gasteiger partial charge in [-0.05, 0) is 30.2 Å². The van der Waals surface area contributed by atoms with E-state index in [2.05, 4.69) is 5.32 Å². The van der Waals surface area contributed by atoms with Gasteiger partial charge in [-0.15, -0.1) is 6.54 Å². The molecule has 0 atom stereocenters. The highest BCUT2D eigenvalue weighted by atomic mass is 16.5. The first-order valence-corrected chi connectivity index (χ1v) is 4.58. The number of methoxy groups -OCH3 is 2. The molecule has 0 unspecified atom stereocenters. The molecule has 0 radical (unpaired) electrons. The van der Waals surface area contributed by atoms with Crippen LogP contribution in [0.5, 0.6) is 11.5 Å². The van der Waals surface area contributed by atoms with Crippen LogP contribution in [0.15, 0.2) is 18.2 Å². The van der Waals surface area contributed by atoms with Crippen molar-refractivity contribution in [1.29, 1.82) is 0 Å². The summed E-state index contributed by atoms with van der Waals surface area (Å²) >= 11 is 0. The maximum Gasteiger partial charge on any atom is 0.122 e. The molecule has 78 valence electrons. The van der Waals surface area contributed by atoms with E-state index in [1.54, 1.807) is 14.2 Å². The summed E-state index contributed by atoms with van der Waals surface area (Å²) in [7, 11) is 5.15. The van der Waals surface area contributed by atoms with Crippen molar-refractivity contribution in [2.24, 2.45) is 0 Å². The van der Waals surface area contributed by atoms with Crippen molar-refractivity contribution in [3.8, 4) is 11.5 Å². The van der Waals surface area contributed by atoms with Gasteiger partial charge in [-0.1, -0.05) is 0 Å². The molecule has 0 saturated carbocycles. The Hall–Kier alpha value is -1.22. The van der Waals surface area contributed by atoms with Gasteiger partial charge in [-0.2, -0.15) is 7.05 Å². The van der Waals surface area contributed by atoms with Crippen LogP contribution in [-0.4, -0.2) is 27.8 Å². The lowest BCUT2D eigenvalue weighted by Crippen LogP contribution is -1.96. The van der Waals surface area contributed by atoms with Crippen LogP contribution in [0.4, 0.5) is 0 Å². The van der Waals surface area contributed by atoms with Gasteiger partial charge in [0.15, 0.2) is 0 Å². The highest BCUT2D eigenvalue weighted by Gasteiger charge is 2.02. The summed E-state index contributed by atoms with van der Waals surface area (Å²) in [6.07, 6.45) is 0.886. The molecule has 0 amide bonds. The van der Waals surface area contributed by atoms with Gasteiger partial charge in [-0.25, -0.2) is 0 Å². The monoisotopic (exact) mass is 194 g/mol. The summed E-state index contributed by atoms with van der Waals surface area (Å²) < 4.78 is 10.4. The first-order valence-electron chi connectivity index (χ1n) is 4.58. The maximum atomic E-state index is 5.24. The lowest BCUT2D eigenvalue weighted by atomic mass is 10.1. The minimum absolute atomic E-state index is 0.809. The van der Waals surface area contributed by atoms with Crippen molar-refractivity contribution in [3.05, 3.63) is 29.1 Å². The van der Waals surface area contributed by atoms with Gasteiger partial charge in [-0.3, -0.25) is 0 Å². The zero-order valence-electron chi connectivity index (χ0n) is 8.91. The second-order valence-electron chi connectivity index (χ2n) is 2.97. The van der Waals surface area contributed by atoms with Crippen LogP contribution in [0.3, 0.4) is 0 Å². The summed E-state index contributed by atoms with van der Waals surface area (Å²) in [6, 6.07) is 5.80. The summed E-state index contributed by atoms with van der Waals surface area (Å²) in [5.74, 6) is 1.76. The number of benzene rings is 1. The van der Waals surface area contributed by atoms with Crippen LogP contribution in [0, 0.1) is 0 Å². The molecule has 0 fully saturated rings. The van der Waals surface area contributed by atoms with Crippen LogP contribution in [0.1, 0.15) is 5.56 Å². The molecular weight excluding hydrogens is 178 g/mol. The largest absolute Gasteiger partial charge is 0.665 e. The average molecular weight is 194 g/mol. The van der Waals surface area contributed by atoms with E-state index in [9.17, 15) is 0 Å². The minimum atomic E-state index is 0.809. The molecule has 0 aliphatic rings. The van der Waals surface area contributed by atoms with Gasteiger partial charge in [0, 0.05) is 0 Å². The third-order valence-electron chi connectivity index (χ3n) is 2.09. The lowest BCUT2D eigenvalue weighted by molar-refractivity contribution is 0.399. The molecule has 0 aliphatic carbocycles. The summed E-state index contributed by atoms with van der Waals surface area (Å²) in [4.78, 5) is 0. The third kappa shape index (κ3) is 2.64. The number of likely N-dealkylation sites (N-methyl/N-ethyl adjacent to an activating group) is 1. The predicted molar refractivity (Wildman–Crippen MR) is 57.4 cm³/mol. The number of rotatable bonds is 5. The van der Waals surface area contributed by atoms with Gasteiger partial charge in [0.05, 0.1) is 14.2 Å². The molecule has 0 aromatic heterocycles. The Morgan fingerprint density at radius 2 is 2.00 bits per heavy atom. The fraction of sp³-hybridized carbons (Fsp3) is 0.455. The fourth-order valence-corrected chi connectivity index (χ4v) is 1.31. The van der Waals surface area contributed by atoms with E-state index in [-0.39, 0.29) is 0 Å². The van der Waals surface area contributed by atoms with Crippen LogP contribution < -0.4 is 9.47 Å². The van der Waals surface area contributed by atoms with Crippen molar-refractivity contribution >= 4 is 0 Å². The molecule has 0 saturated heterocycles. The summed E-state index contributed by atoms with van der Waals surface area (Å²) in [5.41, 5.74) is 1.14. The highest BCUT2D eigenvalue weighted by Crippen LogP contribution is 2.24.